The molecule has 5 heteroatoms. The number of aromatic nitrogens is 1. The number of nitrogens with one attached hydrogen (secondary N) is 1. The predicted octanol–water partition coefficient (Wildman–Crippen LogP) is 2.90. The summed E-state index contributed by atoms with van der Waals surface area (Å²) >= 11 is 0. The number of hydrogen-bond acceptors (Lipinski definition) is 4. The van der Waals surface area contributed by atoms with Crippen LogP contribution in [0.25, 0.3) is 0 Å². The number of carbonyl (C=O) groups excluding carboxylic acids is 1. The Labute approximate surface area is 132 Å². The Kier molecular flexibility index (Phi) is 5.13. The molecule has 0 bridgehead atoms. The molecule has 5 nitrogen and oxygen atoms in total. The molecule has 1 aromatic rings. The molecule has 0 radical (unpaired) electrons. The van der Waals surface area contributed by atoms with Crippen molar-refractivity contribution >= 4 is 5.91 Å². The molecule has 122 valence electrons. The van der Waals surface area contributed by atoms with Gasteiger partial charge < -0.3 is 9.73 Å². The molecule has 1 aliphatic heterocycles. The molecule has 1 saturated heterocycles. The van der Waals surface area contributed by atoms with E-state index in [9.17, 15) is 4.79 Å². The van der Waals surface area contributed by atoms with Gasteiger partial charge in [-0.3, -0.25) is 9.69 Å². The summed E-state index contributed by atoms with van der Waals surface area (Å²) in [5.41, 5.74) is 0.423. The molecule has 1 aliphatic carbocycles. The van der Waals surface area contributed by atoms with Crippen LogP contribution in [0.1, 0.15) is 67.6 Å². The van der Waals surface area contributed by atoms with Crippen molar-refractivity contribution in [1.29, 1.82) is 0 Å². The van der Waals surface area contributed by atoms with E-state index < -0.39 is 0 Å². The molecule has 1 saturated carbocycles. The maximum Gasteiger partial charge on any atom is 0.273 e. The van der Waals surface area contributed by atoms with Gasteiger partial charge in [-0.2, -0.15) is 0 Å². The Balaban J connectivity index is 1.56. The fourth-order valence-electron chi connectivity index (χ4n) is 3.86. The second-order valence-electron chi connectivity index (χ2n) is 6.71. The number of nitrogens with zero attached hydrogens (tertiary/aromatic N) is 2. The van der Waals surface area contributed by atoms with E-state index in [-0.39, 0.29) is 11.9 Å². The third-order valence-corrected chi connectivity index (χ3v) is 5.09. The van der Waals surface area contributed by atoms with Crippen molar-refractivity contribution in [2.45, 2.75) is 70.4 Å². The van der Waals surface area contributed by atoms with Crippen molar-refractivity contribution in [3.05, 3.63) is 17.8 Å². The number of piperidine rings is 1. The molecule has 1 aromatic heterocycles. The highest BCUT2D eigenvalue weighted by Crippen LogP contribution is 2.24. The minimum atomic E-state index is -0.0982. The molecule has 0 aromatic carbocycles. The van der Waals surface area contributed by atoms with Crippen molar-refractivity contribution < 1.29 is 9.21 Å². The smallest absolute Gasteiger partial charge is 0.273 e. The molecule has 1 atom stereocenters. The van der Waals surface area contributed by atoms with Crippen LogP contribution in [0.4, 0.5) is 0 Å². The molecule has 2 aliphatic rings. The Morgan fingerprint density at radius 3 is 2.68 bits per heavy atom. The minimum Gasteiger partial charge on any atom is -0.448 e. The van der Waals surface area contributed by atoms with Crippen LogP contribution in [-0.4, -0.2) is 41.0 Å². The van der Waals surface area contributed by atoms with E-state index >= 15 is 0 Å². The first-order valence-corrected chi connectivity index (χ1v) is 8.69. The summed E-state index contributed by atoms with van der Waals surface area (Å²) in [7, 11) is 0. The lowest BCUT2D eigenvalue weighted by atomic mass is 10.00. The normalized spacial score (nSPS) is 24.9. The van der Waals surface area contributed by atoms with Crippen molar-refractivity contribution in [2.75, 3.05) is 13.1 Å². The molecule has 3 rings (SSSR count). The summed E-state index contributed by atoms with van der Waals surface area (Å²) in [6.07, 6.45) is 11.7. The van der Waals surface area contributed by atoms with E-state index in [1.165, 1.54) is 57.9 Å². The quantitative estimate of drug-likeness (QED) is 0.872. The van der Waals surface area contributed by atoms with Crippen LogP contribution in [0.5, 0.6) is 0 Å². The van der Waals surface area contributed by atoms with E-state index in [0.717, 1.165) is 19.0 Å². The predicted molar refractivity (Wildman–Crippen MR) is 84.8 cm³/mol. The lowest BCUT2D eigenvalue weighted by Gasteiger charge is -2.38. The maximum absolute atomic E-state index is 12.3. The molecule has 0 unspecified atom stereocenters. The molecular weight excluding hydrogens is 278 g/mol. The number of likely N-dealkylation sites (tertiary alicyclic amines) is 1. The van der Waals surface area contributed by atoms with Crippen molar-refractivity contribution in [1.82, 2.24) is 15.2 Å². The molecule has 2 fully saturated rings. The summed E-state index contributed by atoms with van der Waals surface area (Å²) in [5.74, 6) is 0.493. The minimum absolute atomic E-state index is 0.0982. The topological polar surface area (TPSA) is 58.4 Å². The highest BCUT2D eigenvalue weighted by Gasteiger charge is 2.28. The number of amides is 1. The molecule has 2 heterocycles. The van der Waals surface area contributed by atoms with E-state index in [0.29, 0.717) is 11.5 Å². The Hall–Kier alpha value is -1.36. The Morgan fingerprint density at radius 1 is 1.23 bits per heavy atom. The van der Waals surface area contributed by atoms with Crippen LogP contribution in [0, 0.1) is 6.92 Å². The average molecular weight is 305 g/mol. The van der Waals surface area contributed by atoms with Gasteiger partial charge in [0.25, 0.3) is 5.91 Å². The van der Waals surface area contributed by atoms with Crippen LogP contribution in [-0.2, 0) is 0 Å². The first kappa shape index (κ1) is 15.5. The summed E-state index contributed by atoms with van der Waals surface area (Å²) in [6.45, 7) is 3.94. The van der Waals surface area contributed by atoms with Gasteiger partial charge in [-0.25, -0.2) is 4.98 Å². The van der Waals surface area contributed by atoms with E-state index in [2.05, 4.69) is 15.2 Å². The SMILES string of the molecule is Cc1ocnc1C(=O)N[C@@H]1CCCN(C2CCCCCC2)C1. The molecule has 1 amide bonds. The summed E-state index contributed by atoms with van der Waals surface area (Å²) in [6, 6.07) is 0.955. The van der Waals surface area contributed by atoms with Gasteiger partial charge in [0.2, 0.25) is 0 Å². The van der Waals surface area contributed by atoms with Crippen molar-refractivity contribution in [2.24, 2.45) is 0 Å². The molecular formula is C17H27N3O2. The van der Waals surface area contributed by atoms with E-state index in [1.54, 1.807) is 6.92 Å². The Morgan fingerprint density at radius 2 is 2.00 bits per heavy atom. The molecule has 22 heavy (non-hydrogen) atoms. The lowest BCUT2D eigenvalue weighted by molar-refractivity contribution is 0.0855. The van der Waals surface area contributed by atoms with Crippen LogP contribution in [0.3, 0.4) is 0 Å². The van der Waals surface area contributed by atoms with Crippen LogP contribution < -0.4 is 5.32 Å². The van der Waals surface area contributed by atoms with Crippen LogP contribution in [0.15, 0.2) is 10.8 Å². The summed E-state index contributed by atoms with van der Waals surface area (Å²) < 4.78 is 5.12. The number of carbonyl (C=O) groups is 1. The van der Waals surface area contributed by atoms with Crippen molar-refractivity contribution in [3.8, 4) is 0 Å². The highest BCUT2D eigenvalue weighted by molar-refractivity contribution is 5.93. The van der Waals surface area contributed by atoms with Crippen LogP contribution in [0.2, 0.25) is 0 Å². The zero-order chi connectivity index (χ0) is 15.4. The van der Waals surface area contributed by atoms with Crippen LogP contribution >= 0.6 is 0 Å². The van der Waals surface area contributed by atoms with Gasteiger partial charge in [-0.05, 0) is 39.2 Å². The van der Waals surface area contributed by atoms with E-state index in [4.69, 9.17) is 4.42 Å². The maximum atomic E-state index is 12.3. The highest BCUT2D eigenvalue weighted by atomic mass is 16.3. The van der Waals surface area contributed by atoms with Gasteiger partial charge in [0, 0.05) is 18.6 Å². The van der Waals surface area contributed by atoms with Crippen molar-refractivity contribution in [3.63, 3.8) is 0 Å². The van der Waals surface area contributed by atoms with Gasteiger partial charge in [0.05, 0.1) is 0 Å². The largest absolute Gasteiger partial charge is 0.448 e. The second kappa shape index (κ2) is 7.27. The number of oxazole rings is 1. The zero-order valence-corrected chi connectivity index (χ0v) is 13.5. The Bertz CT molecular complexity index is 492. The number of hydrogen-bond donors (Lipinski definition) is 1. The third kappa shape index (κ3) is 3.69. The van der Waals surface area contributed by atoms with Gasteiger partial charge in [-0.15, -0.1) is 0 Å². The van der Waals surface area contributed by atoms with E-state index in [1.807, 2.05) is 0 Å². The summed E-state index contributed by atoms with van der Waals surface area (Å²) in [4.78, 5) is 18.9. The number of rotatable bonds is 3. The summed E-state index contributed by atoms with van der Waals surface area (Å²) in [5, 5.41) is 3.14. The number of aryl methyl sites for hydroxylation is 1. The third-order valence-electron chi connectivity index (χ3n) is 5.09. The lowest BCUT2D eigenvalue weighted by Crippen LogP contribution is -2.51. The van der Waals surface area contributed by atoms with Gasteiger partial charge in [0.1, 0.15) is 5.76 Å². The van der Waals surface area contributed by atoms with Gasteiger partial charge >= 0.3 is 0 Å². The fourth-order valence-corrected chi connectivity index (χ4v) is 3.86. The first-order valence-electron chi connectivity index (χ1n) is 8.69. The standard InChI is InChI=1S/C17H27N3O2/c1-13-16(18-12-22-13)17(21)19-14-7-6-10-20(11-14)15-8-4-2-3-5-9-15/h12,14-15H,2-11H2,1H3,(H,19,21)/t14-/m1/s1. The monoisotopic (exact) mass is 305 g/mol. The van der Waals surface area contributed by atoms with Gasteiger partial charge in [0.15, 0.2) is 12.1 Å². The first-order chi connectivity index (χ1) is 10.7. The zero-order valence-electron chi connectivity index (χ0n) is 13.5. The average Bonchev–Trinajstić information content (AvgIpc) is 2.78. The molecule has 0 spiro atoms. The fraction of sp³-hybridized carbons (Fsp3) is 0.765. The van der Waals surface area contributed by atoms with Gasteiger partial charge in [-0.1, -0.05) is 25.7 Å². The second-order valence-corrected chi connectivity index (χ2v) is 6.71. The molecule has 1 N–H and O–H groups in total.